The molecule has 0 saturated heterocycles. The van der Waals surface area contributed by atoms with Crippen LogP contribution in [0.25, 0.3) is 0 Å². The van der Waals surface area contributed by atoms with Crippen molar-refractivity contribution in [3.8, 4) is 0 Å². The molecule has 0 spiro atoms. The van der Waals surface area contributed by atoms with Crippen LogP contribution >= 0.6 is 22.9 Å². The van der Waals surface area contributed by atoms with Crippen molar-refractivity contribution in [3.05, 3.63) is 21.3 Å². The topological polar surface area (TPSA) is 15.3 Å². The Kier molecular flexibility index (Phi) is 6.34. The highest BCUT2D eigenvalue weighted by Crippen LogP contribution is 2.32. The third-order valence-electron chi connectivity index (χ3n) is 4.64. The Morgan fingerprint density at radius 3 is 2.80 bits per heavy atom. The second-order valence-corrected chi connectivity index (χ2v) is 7.94. The van der Waals surface area contributed by atoms with E-state index in [1.807, 2.05) is 6.07 Å². The average Bonchev–Trinajstić information content (AvgIpc) is 2.83. The standard InChI is InChI=1S/C16H27ClN2S/c1-4-12-5-7-15(18-2)13(9-12)10-19(3)11-14-6-8-16(17)20-14/h6,8,12-13,15,18H,4-5,7,9-11H2,1-3H3. The smallest absolute Gasteiger partial charge is 0.0931 e. The van der Waals surface area contributed by atoms with Gasteiger partial charge in [0.25, 0.3) is 0 Å². The van der Waals surface area contributed by atoms with Crippen LogP contribution in [-0.2, 0) is 6.54 Å². The van der Waals surface area contributed by atoms with Crippen molar-refractivity contribution >= 4 is 22.9 Å². The van der Waals surface area contributed by atoms with Gasteiger partial charge in [-0.05, 0) is 57.3 Å². The summed E-state index contributed by atoms with van der Waals surface area (Å²) >= 11 is 7.71. The number of nitrogens with zero attached hydrogens (tertiary/aromatic N) is 1. The minimum Gasteiger partial charge on any atom is -0.317 e. The van der Waals surface area contributed by atoms with E-state index in [-0.39, 0.29) is 0 Å². The largest absolute Gasteiger partial charge is 0.317 e. The summed E-state index contributed by atoms with van der Waals surface area (Å²) in [7, 11) is 4.35. The van der Waals surface area contributed by atoms with E-state index in [1.54, 1.807) is 11.3 Å². The number of hydrogen-bond donors (Lipinski definition) is 1. The third kappa shape index (κ3) is 4.45. The third-order valence-corrected chi connectivity index (χ3v) is 5.86. The van der Waals surface area contributed by atoms with Crippen LogP contribution in [0, 0.1) is 11.8 Å². The summed E-state index contributed by atoms with van der Waals surface area (Å²) in [5, 5.41) is 3.53. The lowest BCUT2D eigenvalue weighted by molar-refractivity contribution is 0.154. The van der Waals surface area contributed by atoms with E-state index in [0.29, 0.717) is 6.04 Å². The van der Waals surface area contributed by atoms with Gasteiger partial charge in [0, 0.05) is 24.0 Å². The maximum absolute atomic E-state index is 6.01. The van der Waals surface area contributed by atoms with Gasteiger partial charge in [0.05, 0.1) is 4.34 Å². The van der Waals surface area contributed by atoms with Crippen LogP contribution in [0.3, 0.4) is 0 Å². The molecule has 2 nitrogen and oxygen atoms in total. The SMILES string of the molecule is CCC1CCC(NC)C(CN(C)Cc2ccc(Cl)s2)C1. The van der Waals surface area contributed by atoms with Gasteiger partial charge in [0.2, 0.25) is 0 Å². The molecule has 1 heterocycles. The van der Waals surface area contributed by atoms with Gasteiger partial charge in [0.15, 0.2) is 0 Å². The van der Waals surface area contributed by atoms with E-state index in [0.717, 1.165) is 22.7 Å². The van der Waals surface area contributed by atoms with Crippen LogP contribution in [0.5, 0.6) is 0 Å². The van der Waals surface area contributed by atoms with Gasteiger partial charge >= 0.3 is 0 Å². The van der Waals surface area contributed by atoms with Crippen molar-refractivity contribution in [1.82, 2.24) is 10.2 Å². The molecule has 0 aliphatic heterocycles. The molecule has 1 aromatic heterocycles. The molecule has 1 saturated carbocycles. The average molecular weight is 315 g/mol. The molecule has 3 atom stereocenters. The van der Waals surface area contributed by atoms with E-state index in [2.05, 4.69) is 37.3 Å². The molecule has 4 heteroatoms. The van der Waals surface area contributed by atoms with Crippen molar-refractivity contribution in [2.45, 2.75) is 45.2 Å². The van der Waals surface area contributed by atoms with Crippen LogP contribution in [0.2, 0.25) is 4.34 Å². The van der Waals surface area contributed by atoms with Crippen molar-refractivity contribution in [1.29, 1.82) is 0 Å². The zero-order chi connectivity index (χ0) is 14.5. The molecule has 114 valence electrons. The molecular formula is C16H27ClN2S. The highest BCUT2D eigenvalue weighted by Gasteiger charge is 2.29. The Morgan fingerprint density at radius 2 is 2.20 bits per heavy atom. The summed E-state index contributed by atoms with van der Waals surface area (Å²) in [6.45, 7) is 4.53. The van der Waals surface area contributed by atoms with Crippen molar-refractivity contribution < 1.29 is 0 Å². The first-order valence-electron chi connectivity index (χ1n) is 7.72. The molecule has 1 aliphatic carbocycles. The highest BCUT2D eigenvalue weighted by molar-refractivity contribution is 7.16. The Labute approximate surface area is 132 Å². The Morgan fingerprint density at radius 1 is 1.40 bits per heavy atom. The molecule has 2 rings (SSSR count). The first kappa shape index (κ1) is 16.3. The Bertz CT molecular complexity index is 407. The van der Waals surface area contributed by atoms with Gasteiger partial charge in [0.1, 0.15) is 0 Å². The number of thiophene rings is 1. The fourth-order valence-electron chi connectivity index (χ4n) is 3.48. The van der Waals surface area contributed by atoms with Gasteiger partial charge in [-0.1, -0.05) is 24.9 Å². The highest BCUT2D eigenvalue weighted by atomic mass is 35.5. The summed E-state index contributed by atoms with van der Waals surface area (Å²) in [5.41, 5.74) is 0. The van der Waals surface area contributed by atoms with Gasteiger partial charge in [-0.3, -0.25) is 0 Å². The van der Waals surface area contributed by atoms with Crippen LogP contribution in [0.15, 0.2) is 12.1 Å². The Balaban J connectivity index is 1.88. The molecule has 0 amide bonds. The molecule has 20 heavy (non-hydrogen) atoms. The Hall–Kier alpha value is -0.0900. The number of nitrogens with one attached hydrogen (secondary N) is 1. The van der Waals surface area contributed by atoms with Crippen LogP contribution < -0.4 is 5.32 Å². The summed E-state index contributed by atoms with van der Waals surface area (Å²) in [6.07, 6.45) is 5.43. The van der Waals surface area contributed by atoms with Crippen molar-refractivity contribution in [2.24, 2.45) is 11.8 Å². The van der Waals surface area contributed by atoms with E-state index >= 15 is 0 Å². The minimum absolute atomic E-state index is 0.687. The van der Waals surface area contributed by atoms with E-state index in [1.165, 1.54) is 37.1 Å². The predicted molar refractivity (Wildman–Crippen MR) is 89.6 cm³/mol. The van der Waals surface area contributed by atoms with Crippen LogP contribution in [0.4, 0.5) is 0 Å². The monoisotopic (exact) mass is 314 g/mol. The summed E-state index contributed by atoms with van der Waals surface area (Å²) < 4.78 is 0.894. The fourth-order valence-corrected chi connectivity index (χ4v) is 4.65. The lowest BCUT2D eigenvalue weighted by Gasteiger charge is -2.37. The maximum Gasteiger partial charge on any atom is 0.0931 e. The zero-order valence-corrected chi connectivity index (χ0v) is 14.4. The first-order valence-corrected chi connectivity index (χ1v) is 8.91. The maximum atomic E-state index is 6.01. The molecule has 1 aromatic rings. The van der Waals surface area contributed by atoms with Crippen molar-refractivity contribution in [2.75, 3.05) is 20.6 Å². The normalized spacial score (nSPS) is 27.1. The minimum atomic E-state index is 0.687. The lowest BCUT2D eigenvalue weighted by Crippen LogP contribution is -2.43. The molecule has 1 fully saturated rings. The molecule has 3 unspecified atom stereocenters. The molecule has 0 bridgehead atoms. The zero-order valence-electron chi connectivity index (χ0n) is 12.9. The quantitative estimate of drug-likeness (QED) is 0.844. The van der Waals surface area contributed by atoms with Gasteiger partial charge in [-0.15, -0.1) is 11.3 Å². The van der Waals surface area contributed by atoms with Crippen molar-refractivity contribution in [3.63, 3.8) is 0 Å². The number of hydrogen-bond acceptors (Lipinski definition) is 3. The van der Waals surface area contributed by atoms with Gasteiger partial charge < -0.3 is 10.2 Å². The number of rotatable bonds is 6. The molecule has 0 aromatic carbocycles. The summed E-state index contributed by atoms with van der Waals surface area (Å²) in [6, 6.07) is 4.83. The molecular weight excluding hydrogens is 288 g/mol. The first-order chi connectivity index (χ1) is 9.62. The molecule has 1 N–H and O–H groups in total. The second-order valence-electron chi connectivity index (χ2n) is 6.15. The lowest BCUT2D eigenvalue weighted by atomic mass is 9.76. The molecule has 1 aliphatic rings. The van der Waals surface area contributed by atoms with E-state index < -0.39 is 0 Å². The van der Waals surface area contributed by atoms with E-state index in [4.69, 9.17) is 11.6 Å². The van der Waals surface area contributed by atoms with Crippen LogP contribution in [-0.4, -0.2) is 31.6 Å². The predicted octanol–water partition coefficient (Wildman–Crippen LogP) is 4.25. The summed E-state index contributed by atoms with van der Waals surface area (Å²) in [5.74, 6) is 1.70. The van der Waals surface area contributed by atoms with Crippen LogP contribution in [0.1, 0.15) is 37.5 Å². The van der Waals surface area contributed by atoms with E-state index in [9.17, 15) is 0 Å². The summed E-state index contributed by atoms with van der Waals surface area (Å²) in [4.78, 5) is 3.82. The fraction of sp³-hybridized carbons (Fsp3) is 0.750. The molecule has 0 radical (unpaired) electrons. The number of halogens is 1. The second kappa shape index (κ2) is 7.79. The van der Waals surface area contributed by atoms with Gasteiger partial charge in [-0.25, -0.2) is 0 Å². The van der Waals surface area contributed by atoms with Gasteiger partial charge in [-0.2, -0.15) is 0 Å².